The van der Waals surface area contributed by atoms with Gasteiger partial charge in [0.25, 0.3) is 0 Å². The number of aromatic nitrogens is 1. The Hall–Kier alpha value is -2.30. The number of benzene rings is 1. The maximum atomic E-state index is 12.1. The van der Waals surface area contributed by atoms with E-state index in [4.69, 9.17) is 4.52 Å². The molecular weight excluding hydrogens is 266 g/mol. The molecule has 5 heteroatoms. The van der Waals surface area contributed by atoms with E-state index in [1.807, 2.05) is 26.0 Å². The standard InChI is InChI=1S/C16H19N3O2/c1-3-14-15(10(2)19-21-14)18-16(20)17-13-8-11-6-4-5-7-12(11)9-13/h4-7,13H,3,8-9H2,1-2H3,(H2,17,18,20). The topological polar surface area (TPSA) is 67.2 Å². The van der Waals surface area contributed by atoms with Gasteiger partial charge in [-0.05, 0) is 30.9 Å². The fourth-order valence-electron chi connectivity index (χ4n) is 2.81. The molecule has 0 bridgehead atoms. The van der Waals surface area contributed by atoms with Gasteiger partial charge in [0.05, 0.1) is 0 Å². The molecule has 1 aromatic carbocycles. The Morgan fingerprint density at radius 2 is 2.00 bits per heavy atom. The Bertz CT molecular complexity index is 638. The highest BCUT2D eigenvalue weighted by Crippen LogP contribution is 2.23. The number of aryl methyl sites for hydroxylation is 2. The lowest BCUT2D eigenvalue weighted by Gasteiger charge is -2.13. The monoisotopic (exact) mass is 285 g/mol. The van der Waals surface area contributed by atoms with Gasteiger partial charge in [0.2, 0.25) is 0 Å². The van der Waals surface area contributed by atoms with Gasteiger partial charge in [-0.3, -0.25) is 0 Å². The summed E-state index contributed by atoms with van der Waals surface area (Å²) in [5.41, 5.74) is 4.03. The van der Waals surface area contributed by atoms with Gasteiger partial charge in [0, 0.05) is 12.5 Å². The maximum absolute atomic E-state index is 12.1. The Kier molecular flexibility index (Phi) is 3.64. The van der Waals surface area contributed by atoms with E-state index in [2.05, 4.69) is 27.9 Å². The minimum absolute atomic E-state index is 0.146. The maximum Gasteiger partial charge on any atom is 0.319 e. The van der Waals surface area contributed by atoms with Crippen molar-refractivity contribution >= 4 is 11.7 Å². The van der Waals surface area contributed by atoms with Crippen LogP contribution < -0.4 is 10.6 Å². The minimum Gasteiger partial charge on any atom is -0.359 e. The summed E-state index contributed by atoms with van der Waals surface area (Å²) in [7, 11) is 0. The summed E-state index contributed by atoms with van der Waals surface area (Å²) in [5, 5.41) is 9.77. The molecule has 3 rings (SSSR count). The highest BCUT2D eigenvalue weighted by atomic mass is 16.5. The molecule has 21 heavy (non-hydrogen) atoms. The molecule has 2 aromatic rings. The minimum atomic E-state index is -0.200. The van der Waals surface area contributed by atoms with Crippen LogP contribution in [0.1, 0.15) is 29.5 Å². The zero-order valence-corrected chi connectivity index (χ0v) is 12.3. The van der Waals surface area contributed by atoms with Crippen molar-refractivity contribution in [3.05, 3.63) is 46.8 Å². The molecule has 1 aliphatic rings. The van der Waals surface area contributed by atoms with Crippen molar-refractivity contribution in [2.75, 3.05) is 5.32 Å². The number of nitrogens with zero attached hydrogens (tertiary/aromatic N) is 1. The summed E-state index contributed by atoms with van der Waals surface area (Å²) in [6, 6.07) is 8.26. The molecule has 2 amide bonds. The highest BCUT2D eigenvalue weighted by molar-refractivity contribution is 5.90. The molecule has 0 atom stereocenters. The number of carbonyl (C=O) groups excluding carboxylic acids is 1. The van der Waals surface area contributed by atoms with Gasteiger partial charge in [-0.15, -0.1) is 0 Å². The third-order valence-electron chi connectivity index (χ3n) is 3.88. The van der Waals surface area contributed by atoms with Crippen molar-refractivity contribution in [3.63, 3.8) is 0 Å². The third kappa shape index (κ3) is 2.77. The molecule has 0 radical (unpaired) electrons. The number of hydrogen-bond acceptors (Lipinski definition) is 3. The summed E-state index contributed by atoms with van der Waals surface area (Å²) < 4.78 is 5.17. The summed E-state index contributed by atoms with van der Waals surface area (Å²) in [6.45, 7) is 3.79. The summed E-state index contributed by atoms with van der Waals surface area (Å²) >= 11 is 0. The predicted molar refractivity (Wildman–Crippen MR) is 80.4 cm³/mol. The molecule has 1 heterocycles. The van der Waals surface area contributed by atoms with E-state index in [0.29, 0.717) is 23.6 Å². The van der Waals surface area contributed by atoms with Gasteiger partial charge in [0.15, 0.2) is 5.76 Å². The third-order valence-corrected chi connectivity index (χ3v) is 3.88. The lowest BCUT2D eigenvalue weighted by molar-refractivity contribution is 0.248. The number of hydrogen-bond donors (Lipinski definition) is 2. The van der Waals surface area contributed by atoms with Crippen LogP contribution in [0.15, 0.2) is 28.8 Å². The van der Waals surface area contributed by atoms with E-state index in [9.17, 15) is 4.79 Å². The Morgan fingerprint density at radius 1 is 1.33 bits per heavy atom. The first kappa shape index (κ1) is 13.7. The first-order valence-corrected chi connectivity index (χ1v) is 7.26. The predicted octanol–water partition coefficient (Wildman–Crippen LogP) is 2.83. The number of rotatable bonds is 3. The van der Waals surface area contributed by atoms with Crippen LogP contribution >= 0.6 is 0 Å². The largest absolute Gasteiger partial charge is 0.359 e. The second-order valence-electron chi connectivity index (χ2n) is 5.39. The highest BCUT2D eigenvalue weighted by Gasteiger charge is 2.23. The quantitative estimate of drug-likeness (QED) is 0.911. The van der Waals surface area contributed by atoms with Crippen LogP contribution in [0.25, 0.3) is 0 Å². The van der Waals surface area contributed by atoms with E-state index < -0.39 is 0 Å². The van der Waals surface area contributed by atoms with Crippen LogP contribution in [0.4, 0.5) is 10.5 Å². The second kappa shape index (κ2) is 5.60. The fourth-order valence-corrected chi connectivity index (χ4v) is 2.81. The summed E-state index contributed by atoms with van der Waals surface area (Å²) in [5.74, 6) is 0.706. The van der Waals surface area contributed by atoms with Crippen LogP contribution in [-0.2, 0) is 19.3 Å². The van der Waals surface area contributed by atoms with Gasteiger partial charge in [-0.1, -0.05) is 36.3 Å². The SMILES string of the molecule is CCc1onc(C)c1NC(=O)NC1Cc2ccccc2C1. The number of anilines is 1. The summed E-state index contributed by atoms with van der Waals surface area (Å²) in [4.78, 5) is 12.1. The molecular formula is C16H19N3O2. The molecule has 0 unspecified atom stereocenters. The molecule has 110 valence electrons. The number of amides is 2. The van der Waals surface area contributed by atoms with E-state index >= 15 is 0 Å². The molecule has 2 N–H and O–H groups in total. The van der Waals surface area contributed by atoms with Gasteiger partial charge in [0.1, 0.15) is 11.4 Å². The molecule has 1 aromatic heterocycles. The van der Waals surface area contributed by atoms with Gasteiger partial charge in [-0.2, -0.15) is 0 Å². The second-order valence-corrected chi connectivity index (χ2v) is 5.39. The molecule has 1 aliphatic carbocycles. The molecule has 0 saturated heterocycles. The fraction of sp³-hybridized carbons (Fsp3) is 0.375. The van der Waals surface area contributed by atoms with Gasteiger partial charge in [-0.25, -0.2) is 4.79 Å². The van der Waals surface area contributed by atoms with Crippen LogP contribution in [0, 0.1) is 6.92 Å². The van der Waals surface area contributed by atoms with Crippen molar-refractivity contribution in [3.8, 4) is 0 Å². The summed E-state index contributed by atoms with van der Waals surface area (Å²) in [6.07, 6.45) is 2.46. The lowest BCUT2D eigenvalue weighted by Crippen LogP contribution is -2.38. The van der Waals surface area contributed by atoms with Gasteiger partial charge < -0.3 is 15.2 Å². The molecule has 0 spiro atoms. The van der Waals surface area contributed by atoms with Crippen molar-refractivity contribution in [1.29, 1.82) is 0 Å². The average Bonchev–Trinajstić information content (AvgIpc) is 3.02. The van der Waals surface area contributed by atoms with Crippen LogP contribution in [0.2, 0.25) is 0 Å². The van der Waals surface area contributed by atoms with Crippen molar-refractivity contribution < 1.29 is 9.32 Å². The van der Waals surface area contributed by atoms with Crippen molar-refractivity contribution in [2.45, 2.75) is 39.2 Å². The first-order valence-electron chi connectivity index (χ1n) is 7.26. The van der Waals surface area contributed by atoms with Crippen molar-refractivity contribution in [1.82, 2.24) is 10.5 Å². The lowest BCUT2D eigenvalue weighted by atomic mass is 10.1. The first-order chi connectivity index (χ1) is 10.2. The normalized spacial score (nSPS) is 14.0. The van der Waals surface area contributed by atoms with Crippen LogP contribution in [-0.4, -0.2) is 17.2 Å². The molecule has 0 saturated carbocycles. The molecule has 0 aliphatic heterocycles. The molecule has 5 nitrogen and oxygen atoms in total. The number of nitrogens with one attached hydrogen (secondary N) is 2. The van der Waals surface area contributed by atoms with Crippen LogP contribution in [0.5, 0.6) is 0 Å². The van der Waals surface area contributed by atoms with E-state index in [1.54, 1.807) is 0 Å². The Balaban J connectivity index is 1.62. The number of fused-ring (bicyclic) bond motifs is 1. The average molecular weight is 285 g/mol. The van der Waals surface area contributed by atoms with Crippen molar-refractivity contribution in [2.24, 2.45) is 0 Å². The van der Waals surface area contributed by atoms with E-state index in [0.717, 1.165) is 12.8 Å². The Morgan fingerprint density at radius 3 is 2.62 bits per heavy atom. The zero-order chi connectivity index (χ0) is 14.8. The van der Waals surface area contributed by atoms with Crippen LogP contribution in [0.3, 0.4) is 0 Å². The van der Waals surface area contributed by atoms with E-state index in [-0.39, 0.29) is 12.1 Å². The van der Waals surface area contributed by atoms with Gasteiger partial charge >= 0.3 is 6.03 Å². The zero-order valence-electron chi connectivity index (χ0n) is 12.3. The number of carbonyl (C=O) groups is 1. The smallest absolute Gasteiger partial charge is 0.319 e. The Labute approximate surface area is 123 Å². The van der Waals surface area contributed by atoms with E-state index in [1.165, 1.54) is 11.1 Å². The molecule has 0 fully saturated rings. The number of urea groups is 1.